The number of amides is 1. The van der Waals surface area contributed by atoms with E-state index in [9.17, 15) is 9.59 Å². The van der Waals surface area contributed by atoms with Crippen LogP contribution in [0.1, 0.15) is 13.3 Å². The average molecular weight is 224 g/mol. The van der Waals surface area contributed by atoms with E-state index in [-0.39, 0.29) is 11.8 Å². The van der Waals surface area contributed by atoms with Crippen molar-refractivity contribution in [3.05, 3.63) is 0 Å². The summed E-state index contributed by atoms with van der Waals surface area (Å²) in [6.07, 6.45) is 5.84. The summed E-state index contributed by atoms with van der Waals surface area (Å²) in [6.45, 7) is 2.39. The van der Waals surface area contributed by atoms with Gasteiger partial charge in [0.05, 0.1) is 7.11 Å². The standard InChI is InChI=1S/C11H16N2O3/c1-4-8(12)10(14)13-6-5-7(2)9(13)11(15)16-3/h1,7-9H,5-6,12H2,2-3H3/t7-,8-,9-/m0/s1. The Morgan fingerprint density at radius 2 is 2.25 bits per heavy atom. The van der Waals surface area contributed by atoms with Crippen molar-refractivity contribution in [2.75, 3.05) is 13.7 Å². The molecule has 0 bridgehead atoms. The van der Waals surface area contributed by atoms with Gasteiger partial charge >= 0.3 is 5.97 Å². The van der Waals surface area contributed by atoms with E-state index in [1.807, 2.05) is 6.92 Å². The molecule has 0 saturated carbocycles. The Balaban J connectivity index is 2.84. The van der Waals surface area contributed by atoms with Crippen LogP contribution < -0.4 is 5.73 Å². The minimum atomic E-state index is -0.988. The van der Waals surface area contributed by atoms with E-state index >= 15 is 0 Å². The summed E-state index contributed by atoms with van der Waals surface area (Å²) in [6, 6.07) is -1.55. The fourth-order valence-corrected chi connectivity index (χ4v) is 1.92. The minimum absolute atomic E-state index is 0.0707. The zero-order valence-electron chi connectivity index (χ0n) is 9.47. The molecule has 16 heavy (non-hydrogen) atoms. The molecule has 2 N–H and O–H groups in total. The van der Waals surface area contributed by atoms with Gasteiger partial charge in [-0.2, -0.15) is 0 Å². The number of methoxy groups -OCH3 is 1. The molecule has 5 nitrogen and oxygen atoms in total. The van der Waals surface area contributed by atoms with Crippen LogP contribution in [-0.4, -0.2) is 42.5 Å². The van der Waals surface area contributed by atoms with Gasteiger partial charge in [-0.25, -0.2) is 4.79 Å². The van der Waals surface area contributed by atoms with Gasteiger partial charge in [-0.05, 0) is 12.3 Å². The predicted molar refractivity (Wildman–Crippen MR) is 58.1 cm³/mol. The molecular formula is C11H16N2O3. The second kappa shape index (κ2) is 4.99. The minimum Gasteiger partial charge on any atom is -0.467 e. The first-order valence-electron chi connectivity index (χ1n) is 5.13. The van der Waals surface area contributed by atoms with Crippen LogP contribution in [0.2, 0.25) is 0 Å². The predicted octanol–water partition coefficient (Wildman–Crippen LogP) is -0.643. The number of esters is 1. The summed E-state index contributed by atoms with van der Waals surface area (Å²) in [5.74, 6) is 1.44. The van der Waals surface area contributed by atoms with Crippen molar-refractivity contribution in [3.8, 4) is 12.3 Å². The van der Waals surface area contributed by atoms with Crippen molar-refractivity contribution in [1.82, 2.24) is 4.90 Å². The van der Waals surface area contributed by atoms with Crippen LogP contribution in [0, 0.1) is 18.3 Å². The van der Waals surface area contributed by atoms with Gasteiger partial charge in [-0.1, -0.05) is 12.8 Å². The van der Waals surface area contributed by atoms with Crippen molar-refractivity contribution in [2.24, 2.45) is 11.7 Å². The van der Waals surface area contributed by atoms with Crippen molar-refractivity contribution in [1.29, 1.82) is 0 Å². The molecule has 1 amide bonds. The van der Waals surface area contributed by atoms with Gasteiger partial charge in [0.2, 0.25) is 0 Å². The van der Waals surface area contributed by atoms with Crippen LogP contribution in [0.25, 0.3) is 0 Å². The Morgan fingerprint density at radius 3 is 2.75 bits per heavy atom. The number of nitrogens with zero attached hydrogens (tertiary/aromatic N) is 1. The monoisotopic (exact) mass is 224 g/mol. The molecule has 0 aromatic carbocycles. The third kappa shape index (κ3) is 2.17. The number of hydrogen-bond acceptors (Lipinski definition) is 4. The Labute approximate surface area is 94.9 Å². The number of hydrogen-bond donors (Lipinski definition) is 1. The maximum atomic E-state index is 11.8. The third-order valence-corrected chi connectivity index (χ3v) is 2.87. The highest BCUT2D eigenvalue weighted by Crippen LogP contribution is 2.25. The molecule has 5 heteroatoms. The molecule has 1 aliphatic rings. The van der Waals surface area contributed by atoms with Crippen LogP contribution >= 0.6 is 0 Å². The highest BCUT2D eigenvalue weighted by molar-refractivity contribution is 5.90. The summed E-state index contributed by atoms with van der Waals surface area (Å²) in [5.41, 5.74) is 5.47. The van der Waals surface area contributed by atoms with Crippen LogP contribution in [0.15, 0.2) is 0 Å². The van der Waals surface area contributed by atoms with Crippen molar-refractivity contribution in [3.63, 3.8) is 0 Å². The Morgan fingerprint density at radius 1 is 1.62 bits per heavy atom. The molecule has 0 spiro atoms. The molecule has 1 rings (SSSR count). The normalized spacial score (nSPS) is 26.0. The molecule has 0 aromatic heterocycles. The van der Waals surface area contributed by atoms with Gasteiger partial charge in [0.15, 0.2) is 0 Å². The van der Waals surface area contributed by atoms with E-state index < -0.39 is 18.1 Å². The number of rotatable bonds is 2. The summed E-state index contributed by atoms with van der Waals surface area (Å²) in [5, 5.41) is 0. The van der Waals surface area contributed by atoms with Gasteiger partial charge in [0, 0.05) is 6.54 Å². The second-order valence-corrected chi connectivity index (χ2v) is 3.91. The Hall–Kier alpha value is -1.54. The molecule has 0 aliphatic carbocycles. The highest BCUT2D eigenvalue weighted by atomic mass is 16.5. The van der Waals surface area contributed by atoms with Gasteiger partial charge in [0.1, 0.15) is 12.1 Å². The number of likely N-dealkylation sites (tertiary alicyclic amines) is 1. The van der Waals surface area contributed by atoms with E-state index in [1.165, 1.54) is 12.0 Å². The van der Waals surface area contributed by atoms with Crippen molar-refractivity contribution in [2.45, 2.75) is 25.4 Å². The summed E-state index contributed by atoms with van der Waals surface area (Å²) >= 11 is 0. The zero-order chi connectivity index (χ0) is 12.3. The lowest BCUT2D eigenvalue weighted by molar-refractivity contribution is -0.152. The van der Waals surface area contributed by atoms with E-state index in [4.69, 9.17) is 12.2 Å². The fraction of sp³-hybridized carbons (Fsp3) is 0.636. The van der Waals surface area contributed by atoms with Crippen molar-refractivity contribution < 1.29 is 14.3 Å². The van der Waals surface area contributed by atoms with Crippen molar-refractivity contribution >= 4 is 11.9 Å². The Kier molecular flexibility index (Phi) is 3.91. The number of carbonyl (C=O) groups is 2. The van der Waals surface area contributed by atoms with Crippen LogP contribution in [0.4, 0.5) is 0 Å². The van der Waals surface area contributed by atoms with E-state index in [0.717, 1.165) is 6.42 Å². The molecule has 3 atom stereocenters. The molecular weight excluding hydrogens is 208 g/mol. The first-order valence-corrected chi connectivity index (χ1v) is 5.13. The van der Waals surface area contributed by atoms with E-state index in [0.29, 0.717) is 6.54 Å². The van der Waals surface area contributed by atoms with Gasteiger partial charge < -0.3 is 15.4 Å². The van der Waals surface area contributed by atoms with E-state index in [1.54, 1.807) is 0 Å². The maximum absolute atomic E-state index is 11.8. The molecule has 88 valence electrons. The molecule has 0 aromatic rings. The zero-order valence-corrected chi connectivity index (χ0v) is 9.47. The van der Waals surface area contributed by atoms with Crippen LogP contribution in [0.3, 0.4) is 0 Å². The summed E-state index contributed by atoms with van der Waals surface area (Å²) in [7, 11) is 1.30. The summed E-state index contributed by atoms with van der Waals surface area (Å²) in [4.78, 5) is 24.8. The Bertz CT molecular complexity index is 335. The first-order chi connectivity index (χ1) is 7.52. The number of nitrogens with two attached hydrogens (primary N) is 1. The van der Waals surface area contributed by atoms with Crippen LogP contribution in [0.5, 0.6) is 0 Å². The lowest BCUT2D eigenvalue weighted by Gasteiger charge is -2.25. The lowest BCUT2D eigenvalue weighted by Crippen LogP contribution is -2.49. The SMILES string of the molecule is C#C[C@H](N)C(=O)N1CC[C@H](C)[C@H]1C(=O)OC. The van der Waals surface area contributed by atoms with Crippen LogP contribution in [-0.2, 0) is 14.3 Å². The first kappa shape index (κ1) is 12.5. The van der Waals surface area contributed by atoms with Gasteiger partial charge in [0.25, 0.3) is 5.91 Å². The quantitative estimate of drug-likeness (QED) is 0.500. The number of terminal acetylenes is 1. The van der Waals surface area contributed by atoms with Gasteiger partial charge in [-0.15, -0.1) is 6.42 Å². The topological polar surface area (TPSA) is 72.6 Å². The molecule has 1 heterocycles. The summed E-state index contributed by atoms with van der Waals surface area (Å²) < 4.78 is 4.67. The second-order valence-electron chi connectivity index (χ2n) is 3.91. The largest absolute Gasteiger partial charge is 0.467 e. The number of carbonyl (C=O) groups excluding carboxylic acids is 2. The third-order valence-electron chi connectivity index (χ3n) is 2.87. The highest BCUT2D eigenvalue weighted by Gasteiger charge is 2.41. The fourth-order valence-electron chi connectivity index (χ4n) is 1.92. The smallest absolute Gasteiger partial charge is 0.328 e. The molecule has 0 unspecified atom stereocenters. The lowest BCUT2D eigenvalue weighted by atomic mass is 10.0. The number of ether oxygens (including phenoxy) is 1. The average Bonchev–Trinajstić information content (AvgIpc) is 2.68. The molecule has 1 aliphatic heterocycles. The van der Waals surface area contributed by atoms with Gasteiger partial charge in [-0.3, -0.25) is 4.79 Å². The maximum Gasteiger partial charge on any atom is 0.328 e. The molecule has 1 fully saturated rings. The molecule has 1 saturated heterocycles. The molecule has 0 radical (unpaired) electrons. The van der Waals surface area contributed by atoms with E-state index in [2.05, 4.69) is 10.7 Å².